The SMILES string of the molecule is Cn1cnc(CNS(=O)(=O)c2cc(Cl)cc(N)c2F)n1. The van der Waals surface area contributed by atoms with Gasteiger partial charge in [-0.1, -0.05) is 11.6 Å². The molecule has 1 aromatic carbocycles. The van der Waals surface area contributed by atoms with Gasteiger partial charge in [-0.05, 0) is 12.1 Å². The molecule has 0 aliphatic rings. The van der Waals surface area contributed by atoms with Gasteiger partial charge in [0.05, 0.1) is 12.2 Å². The molecule has 0 radical (unpaired) electrons. The molecule has 0 saturated heterocycles. The summed E-state index contributed by atoms with van der Waals surface area (Å²) in [7, 11) is -2.46. The van der Waals surface area contributed by atoms with Crippen molar-refractivity contribution in [3.8, 4) is 0 Å². The summed E-state index contributed by atoms with van der Waals surface area (Å²) in [4.78, 5) is 3.24. The molecule has 0 aliphatic carbocycles. The highest BCUT2D eigenvalue weighted by molar-refractivity contribution is 7.89. The van der Waals surface area contributed by atoms with Gasteiger partial charge in [-0.3, -0.25) is 4.68 Å². The average Bonchev–Trinajstić information content (AvgIpc) is 2.77. The van der Waals surface area contributed by atoms with Crippen LogP contribution in [0.15, 0.2) is 23.4 Å². The van der Waals surface area contributed by atoms with Gasteiger partial charge in [-0.15, -0.1) is 0 Å². The van der Waals surface area contributed by atoms with E-state index >= 15 is 0 Å². The third-order valence-electron chi connectivity index (χ3n) is 2.39. The number of hydrogen-bond donors (Lipinski definition) is 2. The second-order valence-corrected chi connectivity index (χ2v) is 6.14. The number of aryl methyl sites for hydroxylation is 1. The number of nitrogens with zero attached hydrogens (tertiary/aromatic N) is 3. The first-order chi connectivity index (χ1) is 9.29. The number of halogens is 2. The van der Waals surface area contributed by atoms with E-state index in [2.05, 4.69) is 14.8 Å². The predicted octanol–water partition coefficient (Wildman–Crippen LogP) is 0.668. The molecule has 108 valence electrons. The van der Waals surface area contributed by atoms with Crippen molar-refractivity contribution in [3.63, 3.8) is 0 Å². The van der Waals surface area contributed by atoms with Crippen molar-refractivity contribution in [2.75, 3.05) is 5.73 Å². The number of anilines is 1. The number of aromatic nitrogens is 3. The van der Waals surface area contributed by atoms with E-state index in [9.17, 15) is 12.8 Å². The number of nitrogens with one attached hydrogen (secondary N) is 1. The first kappa shape index (κ1) is 14.7. The molecule has 0 atom stereocenters. The number of hydrogen-bond acceptors (Lipinski definition) is 5. The van der Waals surface area contributed by atoms with Crippen LogP contribution < -0.4 is 10.5 Å². The van der Waals surface area contributed by atoms with Gasteiger partial charge >= 0.3 is 0 Å². The van der Waals surface area contributed by atoms with Gasteiger partial charge in [0.15, 0.2) is 11.6 Å². The lowest BCUT2D eigenvalue weighted by atomic mass is 10.3. The Morgan fingerprint density at radius 3 is 2.80 bits per heavy atom. The van der Waals surface area contributed by atoms with E-state index in [0.717, 1.165) is 12.1 Å². The molecule has 0 unspecified atom stereocenters. The van der Waals surface area contributed by atoms with E-state index in [-0.39, 0.29) is 23.1 Å². The summed E-state index contributed by atoms with van der Waals surface area (Å²) in [6.07, 6.45) is 1.42. The second-order valence-electron chi connectivity index (χ2n) is 3.97. The van der Waals surface area contributed by atoms with E-state index in [1.54, 1.807) is 7.05 Å². The molecule has 2 aromatic rings. The van der Waals surface area contributed by atoms with Crippen LogP contribution >= 0.6 is 11.6 Å². The van der Waals surface area contributed by atoms with Crippen molar-refractivity contribution in [2.45, 2.75) is 11.4 Å². The minimum Gasteiger partial charge on any atom is -0.396 e. The Balaban J connectivity index is 2.27. The number of nitrogen functional groups attached to an aromatic ring is 1. The van der Waals surface area contributed by atoms with Crippen LogP contribution in [0.25, 0.3) is 0 Å². The Morgan fingerprint density at radius 2 is 2.20 bits per heavy atom. The molecule has 0 spiro atoms. The number of sulfonamides is 1. The third kappa shape index (κ3) is 3.06. The molecule has 3 N–H and O–H groups in total. The van der Waals surface area contributed by atoms with Crippen LogP contribution in [0.2, 0.25) is 5.02 Å². The molecule has 0 bridgehead atoms. The van der Waals surface area contributed by atoms with E-state index < -0.39 is 20.7 Å². The Kier molecular flexibility index (Phi) is 3.93. The Bertz CT molecular complexity index is 746. The first-order valence-electron chi connectivity index (χ1n) is 5.38. The molecule has 0 aliphatic heterocycles. The normalized spacial score (nSPS) is 11.8. The number of rotatable bonds is 4. The molecule has 1 heterocycles. The van der Waals surface area contributed by atoms with Crippen molar-refractivity contribution in [1.82, 2.24) is 19.5 Å². The maximum absolute atomic E-state index is 13.8. The van der Waals surface area contributed by atoms with Gasteiger partial charge in [0.25, 0.3) is 0 Å². The summed E-state index contributed by atoms with van der Waals surface area (Å²) in [5.41, 5.74) is 5.01. The maximum atomic E-state index is 13.8. The zero-order chi connectivity index (χ0) is 14.9. The van der Waals surface area contributed by atoms with Gasteiger partial charge in [-0.2, -0.15) is 5.10 Å². The van der Waals surface area contributed by atoms with Crippen molar-refractivity contribution in [2.24, 2.45) is 7.05 Å². The molecule has 0 fully saturated rings. The minimum atomic E-state index is -4.10. The Morgan fingerprint density at radius 1 is 1.50 bits per heavy atom. The summed E-state index contributed by atoms with van der Waals surface area (Å²) in [5, 5.41) is 3.93. The standard InChI is InChI=1S/C10H11ClFN5O2S/c1-17-5-14-9(16-17)4-15-20(18,19)8-3-6(11)2-7(13)10(8)12/h2-3,5,15H,4,13H2,1H3. The van der Waals surface area contributed by atoms with Crippen LogP contribution in [0.4, 0.5) is 10.1 Å². The zero-order valence-electron chi connectivity index (χ0n) is 10.3. The molecule has 0 saturated carbocycles. The molecule has 10 heteroatoms. The number of nitrogens with two attached hydrogens (primary N) is 1. The maximum Gasteiger partial charge on any atom is 0.244 e. The lowest BCUT2D eigenvalue weighted by Crippen LogP contribution is -2.25. The fourth-order valence-electron chi connectivity index (χ4n) is 1.48. The quantitative estimate of drug-likeness (QED) is 0.806. The van der Waals surface area contributed by atoms with Crippen molar-refractivity contribution in [3.05, 3.63) is 35.1 Å². The van der Waals surface area contributed by atoms with Crippen molar-refractivity contribution < 1.29 is 12.8 Å². The van der Waals surface area contributed by atoms with E-state index in [0.29, 0.717) is 0 Å². The fourth-order valence-corrected chi connectivity index (χ4v) is 2.88. The van der Waals surface area contributed by atoms with Gasteiger partial charge in [-0.25, -0.2) is 22.5 Å². The predicted molar refractivity (Wildman–Crippen MR) is 70.9 cm³/mol. The van der Waals surface area contributed by atoms with Gasteiger partial charge in [0.1, 0.15) is 11.2 Å². The highest BCUT2D eigenvalue weighted by Gasteiger charge is 2.22. The molecular formula is C10H11ClFN5O2S. The average molecular weight is 320 g/mol. The van der Waals surface area contributed by atoms with Crippen LogP contribution in [0.1, 0.15) is 5.82 Å². The van der Waals surface area contributed by atoms with E-state index in [1.165, 1.54) is 11.0 Å². The zero-order valence-corrected chi connectivity index (χ0v) is 11.9. The van der Waals surface area contributed by atoms with Gasteiger partial charge < -0.3 is 5.73 Å². The lowest BCUT2D eigenvalue weighted by Gasteiger charge is -2.08. The second kappa shape index (κ2) is 5.35. The van der Waals surface area contributed by atoms with Gasteiger partial charge in [0.2, 0.25) is 10.0 Å². The molecule has 20 heavy (non-hydrogen) atoms. The molecular weight excluding hydrogens is 309 g/mol. The fraction of sp³-hybridized carbons (Fsp3) is 0.200. The van der Waals surface area contributed by atoms with Crippen LogP contribution in [-0.2, 0) is 23.6 Å². The van der Waals surface area contributed by atoms with Crippen LogP contribution in [0, 0.1) is 5.82 Å². The molecule has 7 nitrogen and oxygen atoms in total. The lowest BCUT2D eigenvalue weighted by molar-refractivity contribution is 0.557. The topological polar surface area (TPSA) is 103 Å². The Labute approximate surface area is 119 Å². The molecule has 0 amide bonds. The van der Waals surface area contributed by atoms with E-state index in [4.69, 9.17) is 17.3 Å². The van der Waals surface area contributed by atoms with E-state index in [1.807, 2.05) is 0 Å². The Hall–Kier alpha value is -1.71. The monoisotopic (exact) mass is 319 g/mol. The van der Waals surface area contributed by atoms with Crippen LogP contribution in [0.5, 0.6) is 0 Å². The summed E-state index contributed by atoms with van der Waals surface area (Å²) < 4.78 is 41.4. The first-order valence-corrected chi connectivity index (χ1v) is 7.24. The highest BCUT2D eigenvalue weighted by atomic mass is 35.5. The van der Waals surface area contributed by atoms with Crippen LogP contribution in [-0.4, -0.2) is 23.2 Å². The summed E-state index contributed by atoms with van der Waals surface area (Å²) in [6.45, 7) is -0.172. The van der Waals surface area contributed by atoms with Crippen molar-refractivity contribution >= 4 is 27.3 Å². The van der Waals surface area contributed by atoms with Crippen LogP contribution in [0.3, 0.4) is 0 Å². The minimum absolute atomic E-state index is 0.0280. The summed E-state index contributed by atoms with van der Waals surface area (Å²) >= 11 is 5.68. The molecule has 2 rings (SSSR count). The summed E-state index contributed by atoms with van der Waals surface area (Å²) in [5.74, 6) is -0.789. The number of benzene rings is 1. The van der Waals surface area contributed by atoms with Crippen molar-refractivity contribution in [1.29, 1.82) is 0 Å². The molecule has 1 aromatic heterocycles. The largest absolute Gasteiger partial charge is 0.396 e. The third-order valence-corrected chi connectivity index (χ3v) is 4.01. The van der Waals surface area contributed by atoms with Gasteiger partial charge in [0, 0.05) is 12.1 Å². The smallest absolute Gasteiger partial charge is 0.244 e. The highest BCUT2D eigenvalue weighted by Crippen LogP contribution is 2.25. The summed E-state index contributed by atoms with van der Waals surface area (Å²) in [6, 6.07) is 2.12.